The Morgan fingerprint density at radius 1 is 1.38 bits per heavy atom. The van der Waals surface area contributed by atoms with Crippen LogP contribution >= 0.6 is 23.2 Å². The molecule has 4 heteroatoms. The molecule has 1 rings (SSSR count). The molecule has 1 aromatic rings. The van der Waals surface area contributed by atoms with E-state index in [1.54, 1.807) is 18.2 Å². The molecular weight excluding hydrogens is 247 g/mol. The van der Waals surface area contributed by atoms with Gasteiger partial charge in [0.15, 0.2) is 5.78 Å². The van der Waals surface area contributed by atoms with Crippen molar-refractivity contribution in [2.45, 2.75) is 26.4 Å². The van der Waals surface area contributed by atoms with Gasteiger partial charge in [-0.05, 0) is 25.5 Å². The summed E-state index contributed by atoms with van der Waals surface area (Å²) in [4.78, 5) is 12.1. The van der Waals surface area contributed by atoms with Crippen molar-refractivity contribution >= 4 is 29.0 Å². The predicted molar refractivity (Wildman–Crippen MR) is 66.5 cm³/mol. The van der Waals surface area contributed by atoms with Gasteiger partial charge >= 0.3 is 0 Å². The Morgan fingerprint density at radius 2 is 2.06 bits per heavy atom. The topological polar surface area (TPSA) is 26.3 Å². The van der Waals surface area contributed by atoms with E-state index < -0.39 is 6.10 Å². The van der Waals surface area contributed by atoms with Crippen LogP contribution in [0.25, 0.3) is 0 Å². The Balaban J connectivity index is 2.99. The fraction of sp³-hybridized carbons (Fsp3) is 0.417. The molecule has 0 radical (unpaired) electrons. The highest BCUT2D eigenvalue weighted by Crippen LogP contribution is 2.27. The van der Waals surface area contributed by atoms with Crippen LogP contribution in [0.3, 0.4) is 0 Å². The van der Waals surface area contributed by atoms with E-state index in [0.717, 1.165) is 0 Å². The average Bonchev–Trinajstić information content (AvgIpc) is 2.29. The van der Waals surface area contributed by atoms with Gasteiger partial charge in [-0.3, -0.25) is 4.79 Å². The zero-order valence-corrected chi connectivity index (χ0v) is 10.8. The molecule has 0 heterocycles. The highest BCUT2D eigenvalue weighted by atomic mass is 35.5. The summed E-state index contributed by atoms with van der Waals surface area (Å²) < 4.78 is 5.35. The van der Waals surface area contributed by atoms with E-state index in [-0.39, 0.29) is 5.78 Å². The molecule has 0 aliphatic heterocycles. The minimum atomic E-state index is -0.444. The summed E-state index contributed by atoms with van der Waals surface area (Å²) >= 11 is 11.8. The van der Waals surface area contributed by atoms with Gasteiger partial charge in [-0.25, -0.2) is 0 Å². The Labute approximate surface area is 106 Å². The highest BCUT2D eigenvalue weighted by Gasteiger charge is 2.21. The van der Waals surface area contributed by atoms with Crippen molar-refractivity contribution in [3.8, 4) is 0 Å². The summed E-state index contributed by atoms with van der Waals surface area (Å²) in [5.74, 6) is -0.114. The van der Waals surface area contributed by atoms with Crippen LogP contribution in [0.1, 0.15) is 30.6 Å². The van der Waals surface area contributed by atoms with Gasteiger partial charge in [0, 0.05) is 12.2 Å². The molecule has 0 saturated carbocycles. The first kappa shape index (κ1) is 13.5. The SMILES string of the molecule is CCOC(CC)C(=O)c1cccc(Cl)c1Cl. The van der Waals surface area contributed by atoms with Crippen molar-refractivity contribution in [1.29, 1.82) is 0 Å². The Bertz CT molecular complexity index is 377. The first-order valence-electron chi connectivity index (χ1n) is 5.21. The van der Waals surface area contributed by atoms with Crippen LogP contribution in [0, 0.1) is 0 Å². The molecule has 1 aromatic carbocycles. The molecule has 0 amide bonds. The van der Waals surface area contributed by atoms with E-state index in [1.807, 2.05) is 13.8 Å². The van der Waals surface area contributed by atoms with E-state index >= 15 is 0 Å². The number of benzene rings is 1. The second-order valence-corrected chi connectivity index (χ2v) is 4.10. The van der Waals surface area contributed by atoms with Crippen LogP contribution in [0.15, 0.2) is 18.2 Å². The molecule has 88 valence electrons. The van der Waals surface area contributed by atoms with E-state index in [9.17, 15) is 4.79 Å². The molecule has 0 saturated heterocycles. The summed E-state index contributed by atoms with van der Waals surface area (Å²) in [5.41, 5.74) is 0.425. The van der Waals surface area contributed by atoms with Crippen LogP contribution in [-0.2, 0) is 4.74 Å². The first-order valence-corrected chi connectivity index (χ1v) is 5.97. The van der Waals surface area contributed by atoms with Crippen molar-refractivity contribution in [2.75, 3.05) is 6.61 Å². The fourth-order valence-electron chi connectivity index (χ4n) is 1.45. The van der Waals surface area contributed by atoms with E-state index in [0.29, 0.717) is 28.6 Å². The molecule has 0 aromatic heterocycles. The van der Waals surface area contributed by atoms with E-state index in [2.05, 4.69) is 0 Å². The lowest BCUT2D eigenvalue weighted by Crippen LogP contribution is -2.24. The van der Waals surface area contributed by atoms with Crippen molar-refractivity contribution in [2.24, 2.45) is 0 Å². The van der Waals surface area contributed by atoms with Crippen molar-refractivity contribution in [3.05, 3.63) is 33.8 Å². The molecule has 16 heavy (non-hydrogen) atoms. The van der Waals surface area contributed by atoms with Crippen LogP contribution in [0.4, 0.5) is 0 Å². The molecule has 0 spiro atoms. The van der Waals surface area contributed by atoms with Gasteiger partial charge in [-0.1, -0.05) is 36.2 Å². The minimum absolute atomic E-state index is 0.114. The van der Waals surface area contributed by atoms with Gasteiger partial charge in [0.2, 0.25) is 0 Å². The van der Waals surface area contributed by atoms with Crippen LogP contribution in [0.2, 0.25) is 10.0 Å². The lowest BCUT2D eigenvalue weighted by Gasteiger charge is -2.14. The Kier molecular flexibility index (Phi) is 5.26. The monoisotopic (exact) mass is 260 g/mol. The third-order valence-corrected chi connectivity index (χ3v) is 3.07. The number of ether oxygens (including phenoxy) is 1. The third-order valence-electron chi connectivity index (χ3n) is 2.25. The standard InChI is InChI=1S/C12H14Cl2O2/c1-3-10(16-4-2)12(15)8-6-5-7-9(13)11(8)14/h5-7,10H,3-4H2,1-2H3. The number of carbonyl (C=O) groups is 1. The largest absolute Gasteiger partial charge is 0.370 e. The van der Waals surface area contributed by atoms with Crippen molar-refractivity contribution < 1.29 is 9.53 Å². The number of hydrogen-bond donors (Lipinski definition) is 0. The van der Waals surface area contributed by atoms with E-state index in [4.69, 9.17) is 27.9 Å². The molecule has 0 fully saturated rings. The summed E-state index contributed by atoms with van der Waals surface area (Å²) in [6.45, 7) is 4.26. The lowest BCUT2D eigenvalue weighted by atomic mass is 10.0. The number of ketones is 1. The molecule has 1 unspecified atom stereocenters. The van der Waals surface area contributed by atoms with Gasteiger partial charge < -0.3 is 4.74 Å². The maximum Gasteiger partial charge on any atom is 0.193 e. The van der Waals surface area contributed by atoms with Gasteiger partial charge in [0.25, 0.3) is 0 Å². The second kappa shape index (κ2) is 6.24. The molecule has 2 nitrogen and oxygen atoms in total. The molecular formula is C12H14Cl2O2. The predicted octanol–water partition coefficient (Wildman–Crippen LogP) is 3.99. The molecule has 1 atom stereocenters. The Morgan fingerprint density at radius 3 is 2.62 bits per heavy atom. The zero-order valence-electron chi connectivity index (χ0n) is 9.30. The molecule has 0 aliphatic carbocycles. The van der Waals surface area contributed by atoms with Gasteiger partial charge in [0.1, 0.15) is 6.10 Å². The normalized spacial score (nSPS) is 12.5. The summed E-state index contributed by atoms with van der Waals surface area (Å²) in [6, 6.07) is 5.03. The maximum atomic E-state index is 12.1. The van der Waals surface area contributed by atoms with Gasteiger partial charge in [0.05, 0.1) is 10.0 Å². The first-order chi connectivity index (χ1) is 7.61. The quantitative estimate of drug-likeness (QED) is 0.749. The zero-order chi connectivity index (χ0) is 12.1. The number of carbonyl (C=O) groups excluding carboxylic acids is 1. The summed E-state index contributed by atoms with van der Waals surface area (Å²) in [6.07, 6.45) is 0.177. The lowest BCUT2D eigenvalue weighted by molar-refractivity contribution is 0.0444. The molecule has 0 aliphatic rings. The van der Waals surface area contributed by atoms with Crippen LogP contribution < -0.4 is 0 Å². The number of rotatable bonds is 5. The van der Waals surface area contributed by atoms with E-state index in [1.165, 1.54) is 0 Å². The Hall–Kier alpha value is -0.570. The molecule has 0 N–H and O–H groups in total. The smallest absolute Gasteiger partial charge is 0.193 e. The van der Waals surface area contributed by atoms with Crippen LogP contribution in [-0.4, -0.2) is 18.5 Å². The fourth-order valence-corrected chi connectivity index (χ4v) is 1.84. The molecule has 0 bridgehead atoms. The number of halogens is 2. The minimum Gasteiger partial charge on any atom is -0.370 e. The number of Topliss-reactive ketones (excluding diaryl/α,β-unsaturated/α-hetero) is 1. The average molecular weight is 261 g/mol. The van der Waals surface area contributed by atoms with Gasteiger partial charge in [-0.2, -0.15) is 0 Å². The third kappa shape index (κ3) is 2.97. The summed E-state index contributed by atoms with van der Waals surface area (Å²) in [5, 5.41) is 0.686. The number of hydrogen-bond acceptors (Lipinski definition) is 2. The van der Waals surface area contributed by atoms with Crippen molar-refractivity contribution in [3.63, 3.8) is 0 Å². The maximum absolute atomic E-state index is 12.1. The summed E-state index contributed by atoms with van der Waals surface area (Å²) in [7, 11) is 0. The van der Waals surface area contributed by atoms with Crippen LogP contribution in [0.5, 0.6) is 0 Å². The van der Waals surface area contributed by atoms with Crippen molar-refractivity contribution in [1.82, 2.24) is 0 Å². The highest BCUT2D eigenvalue weighted by molar-refractivity contribution is 6.44. The second-order valence-electron chi connectivity index (χ2n) is 3.32. The van der Waals surface area contributed by atoms with Gasteiger partial charge in [-0.15, -0.1) is 0 Å².